The van der Waals surface area contributed by atoms with Crippen LogP contribution in [0, 0.1) is 0 Å². The minimum Gasteiger partial charge on any atom is -0.507 e. The summed E-state index contributed by atoms with van der Waals surface area (Å²) in [4.78, 5) is 12.0. The number of phenolic OH excluding ortho intramolecular Hbond substituents is 1. The van der Waals surface area contributed by atoms with E-state index in [1.165, 1.54) is 18.9 Å². The maximum Gasteiger partial charge on any atom is 0.185 e. The predicted octanol–water partition coefficient (Wildman–Crippen LogP) is 5.25. The number of ketones is 1. The molecular weight excluding hydrogens is 300 g/mol. The number of benzene rings is 2. The van der Waals surface area contributed by atoms with Gasteiger partial charge < -0.3 is 9.84 Å². The van der Waals surface area contributed by atoms with Crippen LogP contribution in [0.25, 0.3) is 6.08 Å². The van der Waals surface area contributed by atoms with Crippen molar-refractivity contribution >= 4 is 11.9 Å². The molecule has 0 aliphatic rings. The second-order valence-electron chi connectivity index (χ2n) is 5.69. The first-order valence-corrected chi connectivity index (χ1v) is 8.44. The highest BCUT2D eigenvalue weighted by molar-refractivity contribution is 6.06. The Morgan fingerprint density at radius 3 is 2.58 bits per heavy atom. The fraction of sp³-hybridized carbons (Fsp3) is 0.286. The second-order valence-corrected chi connectivity index (χ2v) is 5.69. The van der Waals surface area contributed by atoms with Crippen molar-refractivity contribution in [1.82, 2.24) is 0 Å². The Kier molecular flexibility index (Phi) is 7.09. The first kappa shape index (κ1) is 17.8. The van der Waals surface area contributed by atoms with E-state index in [0.717, 1.165) is 12.8 Å². The molecule has 2 aromatic rings. The zero-order valence-corrected chi connectivity index (χ0v) is 14.1. The average Bonchev–Trinajstić information content (AvgIpc) is 2.61. The van der Waals surface area contributed by atoms with Gasteiger partial charge in [0, 0.05) is 17.2 Å². The molecule has 1 N–H and O–H groups in total. The third-order valence-electron chi connectivity index (χ3n) is 3.74. The fourth-order valence-electron chi connectivity index (χ4n) is 2.34. The average molecular weight is 324 g/mol. The summed E-state index contributed by atoms with van der Waals surface area (Å²) in [6.45, 7) is 2.83. The van der Waals surface area contributed by atoms with Gasteiger partial charge in [-0.2, -0.15) is 0 Å². The molecule has 0 aliphatic heterocycles. The van der Waals surface area contributed by atoms with E-state index in [0.29, 0.717) is 23.5 Å². The first-order chi connectivity index (χ1) is 11.7. The molecule has 126 valence electrons. The molecule has 0 aromatic heterocycles. The number of hydrogen-bond acceptors (Lipinski definition) is 3. The fourth-order valence-corrected chi connectivity index (χ4v) is 2.34. The number of carbonyl (C=O) groups is 1. The lowest BCUT2D eigenvalue weighted by atomic mass is 10.1. The van der Waals surface area contributed by atoms with Crippen molar-refractivity contribution in [1.29, 1.82) is 0 Å². The molecule has 0 saturated heterocycles. The normalized spacial score (nSPS) is 10.9. The quantitative estimate of drug-likeness (QED) is 0.389. The number of allylic oxidation sites excluding steroid dienone is 1. The largest absolute Gasteiger partial charge is 0.507 e. The highest BCUT2D eigenvalue weighted by Crippen LogP contribution is 2.25. The summed E-state index contributed by atoms with van der Waals surface area (Å²) in [5.41, 5.74) is 1.22. The molecule has 0 spiro atoms. The van der Waals surface area contributed by atoms with Gasteiger partial charge in [-0.1, -0.05) is 56.5 Å². The Morgan fingerprint density at radius 1 is 1.08 bits per heavy atom. The Bertz CT molecular complexity index is 675. The van der Waals surface area contributed by atoms with Gasteiger partial charge >= 0.3 is 0 Å². The maximum atomic E-state index is 12.0. The van der Waals surface area contributed by atoms with Crippen molar-refractivity contribution < 1.29 is 14.6 Å². The summed E-state index contributed by atoms with van der Waals surface area (Å²) in [5, 5.41) is 10.1. The number of carbonyl (C=O) groups excluding carboxylic acids is 1. The van der Waals surface area contributed by atoms with E-state index < -0.39 is 0 Å². The van der Waals surface area contributed by atoms with Crippen LogP contribution in [-0.4, -0.2) is 17.5 Å². The van der Waals surface area contributed by atoms with E-state index >= 15 is 0 Å². The van der Waals surface area contributed by atoms with Crippen LogP contribution >= 0.6 is 0 Å². The lowest BCUT2D eigenvalue weighted by Gasteiger charge is -2.07. The maximum absolute atomic E-state index is 12.0. The molecule has 0 heterocycles. The molecule has 0 fully saturated rings. The van der Waals surface area contributed by atoms with E-state index in [9.17, 15) is 9.90 Å². The van der Waals surface area contributed by atoms with E-state index in [1.54, 1.807) is 30.3 Å². The molecule has 0 aliphatic carbocycles. The van der Waals surface area contributed by atoms with E-state index in [-0.39, 0.29) is 11.5 Å². The lowest BCUT2D eigenvalue weighted by Crippen LogP contribution is -1.97. The van der Waals surface area contributed by atoms with Crippen LogP contribution < -0.4 is 4.74 Å². The zero-order valence-electron chi connectivity index (χ0n) is 14.1. The van der Waals surface area contributed by atoms with E-state index in [2.05, 4.69) is 6.92 Å². The smallest absolute Gasteiger partial charge is 0.185 e. The molecule has 3 nitrogen and oxygen atoms in total. The van der Waals surface area contributed by atoms with Crippen molar-refractivity contribution in [3.05, 3.63) is 65.7 Å². The minimum atomic E-state index is -0.0914. The molecule has 0 unspecified atom stereocenters. The van der Waals surface area contributed by atoms with Gasteiger partial charge in [-0.3, -0.25) is 4.79 Å². The molecular formula is C21H24O3. The van der Waals surface area contributed by atoms with Gasteiger partial charge in [-0.15, -0.1) is 0 Å². The Labute approximate surface area is 143 Å². The summed E-state index contributed by atoms with van der Waals surface area (Å²) < 4.78 is 5.63. The van der Waals surface area contributed by atoms with Crippen molar-refractivity contribution in [3.63, 3.8) is 0 Å². The molecule has 2 aromatic carbocycles. The van der Waals surface area contributed by atoms with Crippen molar-refractivity contribution in [2.24, 2.45) is 0 Å². The number of phenols is 1. The molecule has 2 rings (SSSR count). The van der Waals surface area contributed by atoms with Gasteiger partial charge in [-0.05, 0) is 30.7 Å². The van der Waals surface area contributed by atoms with Gasteiger partial charge in [0.05, 0.1) is 6.61 Å². The van der Waals surface area contributed by atoms with Crippen LogP contribution in [0.15, 0.2) is 54.6 Å². The van der Waals surface area contributed by atoms with Gasteiger partial charge in [0.25, 0.3) is 0 Å². The number of aromatic hydroxyl groups is 1. The number of ether oxygens (including phenoxy) is 1. The molecule has 0 radical (unpaired) electrons. The molecule has 0 atom stereocenters. The number of unbranched alkanes of at least 4 members (excludes halogenated alkanes) is 3. The summed E-state index contributed by atoms with van der Waals surface area (Å²) in [5.74, 6) is 0.667. The lowest BCUT2D eigenvalue weighted by molar-refractivity contribution is 0.104. The van der Waals surface area contributed by atoms with Crippen LogP contribution in [0.2, 0.25) is 0 Å². The van der Waals surface area contributed by atoms with Crippen molar-refractivity contribution in [2.45, 2.75) is 32.6 Å². The van der Waals surface area contributed by atoms with Gasteiger partial charge in [0.15, 0.2) is 5.78 Å². The van der Waals surface area contributed by atoms with Gasteiger partial charge in [0.1, 0.15) is 11.5 Å². The van der Waals surface area contributed by atoms with Gasteiger partial charge in [-0.25, -0.2) is 0 Å². The van der Waals surface area contributed by atoms with Crippen LogP contribution in [-0.2, 0) is 0 Å². The van der Waals surface area contributed by atoms with Gasteiger partial charge in [0.2, 0.25) is 0 Å². The molecule has 0 amide bonds. The monoisotopic (exact) mass is 324 g/mol. The molecule has 24 heavy (non-hydrogen) atoms. The highest BCUT2D eigenvalue weighted by atomic mass is 16.5. The Morgan fingerprint density at radius 2 is 1.88 bits per heavy atom. The third-order valence-corrected chi connectivity index (χ3v) is 3.74. The molecule has 0 saturated carbocycles. The van der Waals surface area contributed by atoms with Crippen LogP contribution in [0.3, 0.4) is 0 Å². The van der Waals surface area contributed by atoms with Crippen LogP contribution in [0.5, 0.6) is 11.5 Å². The predicted molar refractivity (Wildman–Crippen MR) is 97.6 cm³/mol. The van der Waals surface area contributed by atoms with E-state index in [4.69, 9.17) is 4.74 Å². The highest BCUT2D eigenvalue weighted by Gasteiger charge is 2.03. The molecule has 0 bridgehead atoms. The molecule has 3 heteroatoms. The summed E-state index contributed by atoms with van der Waals surface area (Å²) in [7, 11) is 0. The second kappa shape index (κ2) is 9.56. The summed E-state index contributed by atoms with van der Waals surface area (Å²) in [6, 6.07) is 14.2. The standard InChI is InChI=1S/C21H24O3/c1-2-3-4-8-15-24-19-13-11-18(21(23)16-19)12-14-20(22)17-9-6-5-7-10-17/h5-7,9-14,16,23H,2-4,8,15H2,1H3. The number of rotatable bonds is 9. The van der Waals surface area contributed by atoms with Crippen LogP contribution in [0.1, 0.15) is 48.5 Å². The topological polar surface area (TPSA) is 46.5 Å². The zero-order chi connectivity index (χ0) is 17.2. The third kappa shape index (κ3) is 5.58. The van der Waals surface area contributed by atoms with Crippen LogP contribution in [0.4, 0.5) is 0 Å². The van der Waals surface area contributed by atoms with Crippen molar-refractivity contribution in [2.75, 3.05) is 6.61 Å². The first-order valence-electron chi connectivity index (χ1n) is 8.44. The van der Waals surface area contributed by atoms with E-state index in [1.807, 2.05) is 24.3 Å². The summed E-state index contributed by atoms with van der Waals surface area (Å²) >= 11 is 0. The number of hydrogen-bond donors (Lipinski definition) is 1. The SMILES string of the molecule is CCCCCCOc1ccc(C=CC(=O)c2ccccc2)c(O)c1. The Balaban J connectivity index is 1.92. The minimum absolute atomic E-state index is 0.0914. The van der Waals surface area contributed by atoms with Crippen molar-refractivity contribution in [3.8, 4) is 11.5 Å². The Hall–Kier alpha value is -2.55. The summed E-state index contributed by atoms with van der Waals surface area (Å²) in [6.07, 6.45) is 7.68.